The molecule has 0 spiro atoms. The molecule has 27 heavy (non-hydrogen) atoms. The van der Waals surface area contributed by atoms with E-state index in [2.05, 4.69) is 21.0 Å². The number of halogens is 2. The summed E-state index contributed by atoms with van der Waals surface area (Å²) in [6, 6.07) is 12.2. The number of carbonyl (C=O) groups excluding carboxylic acids is 1. The first kappa shape index (κ1) is 17.6. The van der Waals surface area contributed by atoms with E-state index < -0.39 is 5.56 Å². The van der Waals surface area contributed by atoms with Crippen molar-refractivity contribution in [2.75, 3.05) is 0 Å². The summed E-state index contributed by atoms with van der Waals surface area (Å²) in [7, 11) is 0. The highest BCUT2D eigenvalue weighted by Gasteiger charge is 2.21. The van der Waals surface area contributed by atoms with E-state index in [0.29, 0.717) is 21.8 Å². The van der Waals surface area contributed by atoms with Gasteiger partial charge in [-0.3, -0.25) is 14.7 Å². The highest BCUT2D eigenvalue weighted by molar-refractivity contribution is 9.10. The maximum absolute atomic E-state index is 12.4. The van der Waals surface area contributed by atoms with Gasteiger partial charge in [0.2, 0.25) is 5.88 Å². The number of nitrogens with one attached hydrogen (secondary N) is 1. The van der Waals surface area contributed by atoms with Gasteiger partial charge >= 0.3 is 0 Å². The lowest BCUT2D eigenvalue weighted by molar-refractivity contribution is -0.109. The summed E-state index contributed by atoms with van der Waals surface area (Å²) < 4.78 is 2.11. The number of benzene rings is 2. The molecule has 1 aromatic heterocycles. The minimum absolute atomic E-state index is 0.00231. The summed E-state index contributed by atoms with van der Waals surface area (Å²) in [6.07, 6.45) is 4.58. The third kappa shape index (κ3) is 3.18. The second-order valence-corrected chi connectivity index (χ2v) is 7.33. The van der Waals surface area contributed by atoms with E-state index in [9.17, 15) is 14.7 Å². The number of allylic oxidation sites excluding steroid dienone is 2. The van der Waals surface area contributed by atoms with Crippen molar-refractivity contribution in [2.45, 2.75) is 0 Å². The Labute approximate surface area is 167 Å². The average Bonchev–Trinajstić information content (AvgIpc) is 2.92. The molecular weight excluding hydrogens is 432 g/mol. The van der Waals surface area contributed by atoms with Crippen LogP contribution in [0.25, 0.3) is 23.4 Å². The van der Waals surface area contributed by atoms with Crippen molar-refractivity contribution in [3.05, 3.63) is 85.1 Å². The molecule has 5 nitrogen and oxygen atoms in total. The lowest BCUT2D eigenvalue weighted by Crippen LogP contribution is -2.08. The van der Waals surface area contributed by atoms with E-state index in [1.165, 1.54) is 16.8 Å². The number of hydrogen-bond acceptors (Lipinski definition) is 3. The number of aromatic nitrogens is 2. The summed E-state index contributed by atoms with van der Waals surface area (Å²) in [5.74, 6) is -0.532. The van der Waals surface area contributed by atoms with E-state index in [1.807, 2.05) is 12.1 Å². The van der Waals surface area contributed by atoms with Crippen molar-refractivity contribution in [2.24, 2.45) is 0 Å². The number of fused-ring (bicyclic) bond motifs is 1. The van der Waals surface area contributed by atoms with Crippen molar-refractivity contribution in [3.8, 4) is 11.6 Å². The first-order valence-corrected chi connectivity index (χ1v) is 9.15. The fourth-order valence-electron chi connectivity index (χ4n) is 2.97. The van der Waals surface area contributed by atoms with Crippen LogP contribution < -0.4 is 5.56 Å². The fourth-order valence-corrected chi connectivity index (χ4v) is 3.53. The lowest BCUT2D eigenvalue weighted by Gasteiger charge is -2.13. The molecule has 134 valence electrons. The van der Waals surface area contributed by atoms with Crippen LogP contribution in [-0.2, 0) is 4.79 Å². The summed E-state index contributed by atoms with van der Waals surface area (Å²) in [5, 5.41) is 13.6. The van der Waals surface area contributed by atoms with Gasteiger partial charge in [-0.05, 0) is 53.6 Å². The summed E-state index contributed by atoms with van der Waals surface area (Å²) >= 11 is 9.39. The van der Waals surface area contributed by atoms with E-state index in [1.54, 1.807) is 36.4 Å². The Morgan fingerprint density at radius 3 is 2.70 bits per heavy atom. The van der Waals surface area contributed by atoms with Crippen molar-refractivity contribution < 1.29 is 9.90 Å². The van der Waals surface area contributed by atoms with Crippen LogP contribution >= 0.6 is 27.5 Å². The Morgan fingerprint density at radius 1 is 1.11 bits per heavy atom. The molecule has 7 heteroatoms. The predicted octanol–water partition coefficient (Wildman–Crippen LogP) is 4.42. The van der Waals surface area contributed by atoms with Gasteiger partial charge in [0.15, 0.2) is 5.78 Å². The molecule has 0 radical (unpaired) electrons. The molecule has 0 saturated carbocycles. The highest BCUT2D eigenvalue weighted by atomic mass is 79.9. The molecule has 0 unspecified atom stereocenters. The molecule has 3 aromatic rings. The quantitative estimate of drug-likeness (QED) is 0.576. The average molecular weight is 444 g/mol. The molecule has 1 heterocycles. The van der Waals surface area contributed by atoms with Gasteiger partial charge in [-0.25, -0.2) is 4.68 Å². The fraction of sp³-hybridized carbons (Fsp3) is 0. The normalized spacial score (nSPS) is 14.6. The zero-order valence-electron chi connectivity index (χ0n) is 13.7. The predicted molar refractivity (Wildman–Crippen MR) is 109 cm³/mol. The van der Waals surface area contributed by atoms with Gasteiger partial charge in [0, 0.05) is 15.1 Å². The van der Waals surface area contributed by atoms with Crippen molar-refractivity contribution in [1.82, 2.24) is 9.78 Å². The van der Waals surface area contributed by atoms with Crippen LogP contribution in [0, 0.1) is 0 Å². The summed E-state index contributed by atoms with van der Waals surface area (Å²) in [5.41, 5.74) is 1.87. The van der Waals surface area contributed by atoms with Gasteiger partial charge in [-0.15, -0.1) is 0 Å². The Morgan fingerprint density at radius 2 is 1.93 bits per heavy atom. The van der Waals surface area contributed by atoms with E-state index in [4.69, 9.17) is 11.6 Å². The van der Waals surface area contributed by atoms with Crippen LogP contribution in [-0.4, -0.2) is 20.7 Å². The number of H-pyrrole nitrogens is 1. The number of ketones is 1. The van der Waals surface area contributed by atoms with E-state index in [-0.39, 0.29) is 17.2 Å². The monoisotopic (exact) mass is 442 g/mol. The van der Waals surface area contributed by atoms with Crippen LogP contribution in [0.4, 0.5) is 0 Å². The Balaban J connectivity index is 1.87. The van der Waals surface area contributed by atoms with Crippen LogP contribution in [0.1, 0.15) is 16.7 Å². The molecule has 0 aliphatic heterocycles. The maximum atomic E-state index is 12.4. The third-order valence-corrected chi connectivity index (χ3v) is 4.98. The SMILES string of the molecule is O=C1C=Cc2cc(Br)ccc2/C1=C\c1c(O)n(-c2cccc(Cl)c2)[nH]c1=O. The first-order chi connectivity index (χ1) is 12.9. The smallest absolute Gasteiger partial charge is 0.275 e. The Bertz CT molecular complexity index is 1200. The van der Waals surface area contributed by atoms with E-state index >= 15 is 0 Å². The molecule has 4 rings (SSSR count). The van der Waals surface area contributed by atoms with Crippen LogP contribution in [0.3, 0.4) is 0 Å². The molecule has 2 N–H and O–H groups in total. The standard InChI is InChI=1S/C20H12BrClN2O3/c21-12-5-6-15-11(8-12)4-7-18(25)16(15)10-17-19(26)23-24(20(17)27)14-3-1-2-13(22)9-14/h1-10,27H,(H,23,26)/b16-10+. The summed E-state index contributed by atoms with van der Waals surface area (Å²) in [4.78, 5) is 24.8. The van der Waals surface area contributed by atoms with Gasteiger partial charge in [-0.2, -0.15) is 0 Å². The molecule has 0 bridgehead atoms. The van der Waals surface area contributed by atoms with Gasteiger partial charge in [0.25, 0.3) is 5.56 Å². The molecule has 2 aromatic carbocycles. The zero-order valence-corrected chi connectivity index (χ0v) is 16.1. The molecule has 0 saturated heterocycles. The largest absolute Gasteiger partial charge is 0.493 e. The van der Waals surface area contributed by atoms with Crippen molar-refractivity contribution >= 4 is 51.0 Å². The number of rotatable bonds is 2. The Hall–Kier alpha value is -2.83. The van der Waals surface area contributed by atoms with Crippen LogP contribution in [0.5, 0.6) is 5.88 Å². The number of carbonyl (C=O) groups is 1. The molecule has 1 aliphatic rings. The Kier molecular flexibility index (Phi) is 4.37. The molecule has 0 atom stereocenters. The van der Waals surface area contributed by atoms with Gasteiger partial charge < -0.3 is 5.11 Å². The minimum Gasteiger partial charge on any atom is -0.493 e. The number of aromatic amines is 1. The van der Waals surface area contributed by atoms with Crippen LogP contribution in [0.15, 0.2) is 57.8 Å². The summed E-state index contributed by atoms with van der Waals surface area (Å²) in [6.45, 7) is 0. The topological polar surface area (TPSA) is 75.1 Å². The second kappa shape index (κ2) is 6.72. The second-order valence-electron chi connectivity index (χ2n) is 5.98. The minimum atomic E-state index is -0.513. The molecular formula is C20H12BrClN2O3. The number of aromatic hydroxyl groups is 1. The van der Waals surface area contributed by atoms with Gasteiger partial charge in [-0.1, -0.05) is 45.7 Å². The molecule has 0 amide bonds. The zero-order chi connectivity index (χ0) is 19.1. The molecule has 1 aliphatic carbocycles. The van der Waals surface area contributed by atoms with Crippen molar-refractivity contribution in [3.63, 3.8) is 0 Å². The number of hydrogen-bond donors (Lipinski definition) is 2. The lowest BCUT2D eigenvalue weighted by atomic mass is 9.90. The van der Waals surface area contributed by atoms with Gasteiger partial charge in [0.1, 0.15) is 5.56 Å². The highest BCUT2D eigenvalue weighted by Crippen LogP contribution is 2.32. The van der Waals surface area contributed by atoms with Crippen molar-refractivity contribution in [1.29, 1.82) is 0 Å². The molecule has 0 fully saturated rings. The third-order valence-electron chi connectivity index (χ3n) is 4.25. The first-order valence-electron chi connectivity index (χ1n) is 7.98. The van der Waals surface area contributed by atoms with Crippen LogP contribution in [0.2, 0.25) is 5.02 Å². The van der Waals surface area contributed by atoms with E-state index in [0.717, 1.165) is 10.0 Å². The number of nitrogens with zero attached hydrogens (tertiary/aromatic N) is 1. The van der Waals surface area contributed by atoms with Gasteiger partial charge in [0.05, 0.1) is 5.69 Å². The maximum Gasteiger partial charge on any atom is 0.275 e.